The molecule has 1 aromatic carbocycles. The van der Waals surface area contributed by atoms with Crippen molar-refractivity contribution in [3.8, 4) is 0 Å². The number of fused-ring (bicyclic) bond motifs is 1. The van der Waals surface area contributed by atoms with Crippen LogP contribution < -0.4 is 0 Å². The number of alkyl halides is 1. The molecule has 1 saturated carbocycles. The van der Waals surface area contributed by atoms with Gasteiger partial charge in [-0.2, -0.15) is 0 Å². The summed E-state index contributed by atoms with van der Waals surface area (Å²) in [7, 11) is 0. The normalized spacial score (nSPS) is 31.7. The number of hydrogen-bond acceptors (Lipinski definition) is 1. The number of rotatable bonds is 0. The molecule has 0 aliphatic heterocycles. The zero-order chi connectivity index (χ0) is 11.4. The maximum atomic E-state index is 13.6. The molecular formula is C13H12BrFO. The summed E-state index contributed by atoms with van der Waals surface area (Å²) in [5.74, 6) is 0.684. The van der Waals surface area contributed by atoms with Gasteiger partial charge < -0.3 is 0 Å². The smallest absolute Gasteiger partial charge is 0.154 e. The highest BCUT2D eigenvalue weighted by molar-refractivity contribution is 9.09. The highest BCUT2D eigenvalue weighted by atomic mass is 79.9. The first-order valence-corrected chi connectivity index (χ1v) is 6.47. The van der Waals surface area contributed by atoms with Crippen LogP contribution in [0.5, 0.6) is 0 Å². The van der Waals surface area contributed by atoms with Gasteiger partial charge in [0.25, 0.3) is 0 Å². The van der Waals surface area contributed by atoms with Crippen LogP contribution in [0.3, 0.4) is 0 Å². The Hall–Kier alpha value is -0.700. The Morgan fingerprint density at radius 3 is 2.62 bits per heavy atom. The third-order valence-electron chi connectivity index (χ3n) is 3.87. The van der Waals surface area contributed by atoms with Gasteiger partial charge in [-0.25, -0.2) is 4.39 Å². The summed E-state index contributed by atoms with van der Waals surface area (Å²) < 4.78 is 13.6. The lowest BCUT2D eigenvalue weighted by molar-refractivity contribution is -0.124. The maximum absolute atomic E-state index is 13.6. The first-order valence-electron chi connectivity index (χ1n) is 5.55. The third kappa shape index (κ3) is 1.30. The van der Waals surface area contributed by atoms with Crippen LogP contribution in [-0.4, -0.2) is 5.78 Å². The molecule has 1 nitrogen and oxygen atoms in total. The van der Waals surface area contributed by atoms with Gasteiger partial charge >= 0.3 is 0 Å². The van der Waals surface area contributed by atoms with Crippen molar-refractivity contribution in [2.45, 2.75) is 30.5 Å². The average molecular weight is 283 g/mol. The van der Waals surface area contributed by atoms with Gasteiger partial charge in [0, 0.05) is 5.92 Å². The number of carbonyl (C=O) groups is 1. The highest BCUT2D eigenvalue weighted by Gasteiger charge is 2.43. The predicted molar refractivity (Wildman–Crippen MR) is 63.3 cm³/mol. The lowest BCUT2D eigenvalue weighted by Gasteiger charge is -2.32. The average Bonchev–Trinajstić information content (AvgIpc) is 2.32. The van der Waals surface area contributed by atoms with Crippen LogP contribution >= 0.6 is 15.9 Å². The highest BCUT2D eigenvalue weighted by Crippen LogP contribution is 2.51. The van der Waals surface area contributed by atoms with Gasteiger partial charge in [0.05, 0.1) is 4.83 Å². The Morgan fingerprint density at radius 1 is 1.25 bits per heavy atom. The van der Waals surface area contributed by atoms with E-state index < -0.39 is 0 Å². The molecule has 4 rings (SSSR count). The van der Waals surface area contributed by atoms with Crippen molar-refractivity contribution in [1.29, 1.82) is 0 Å². The van der Waals surface area contributed by atoms with Crippen LogP contribution in [-0.2, 0) is 4.79 Å². The molecule has 1 fully saturated rings. The molecule has 16 heavy (non-hydrogen) atoms. The minimum atomic E-state index is -0.237. The van der Waals surface area contributed by atoms with Gasteiger partial charge in [-0.3, -0.25) is 4.79 Å². The van der Waals surface area contributed by atoms with E-state index in [2.05, 4.69) is 15.9 Å². The molecular weight excluding hydrogens is 271 g/mol. The second-order valence-corrected chi connectivity index (χ2v) is 5.78. The molecule has 0 amide bonds. The summed E-state index contributed by atoms with van der Waals surface area (Å²) in [6, 6.07) is 3.45. The largest absolute Gasteiger partial charge is 0.298 e. The number of benzene rings is 1. The molecule has 0 heterocycles. The van der Waals surface area contributed by atoms with E-state index in [1.807, 2.05) is 6.07 Å². The Labute approximate surface area is 102 Å². The van der Waals surface area contributed by atoms with Gasteiger partial charge in [0.2, 0.25) is 0 Å². The Morgan fingerprint density at radius 2 is 1.94 bits per heavy atom. The molecule has 1 unspecified atom stereocenters. The number of Topliss-reactive ketones (excluding diaryl/α,β-unsaturated/α-hetero) is 1. The molecule has 3 aliphatic carbocycles. The molecule has 0 saturated heterocycles. The molecule has 84 valence electrons. The van der Waals surface area contributed by atoms with E-state index in [0.29, 0.717) is 11.5 Å². The topological polar surface area (TPSA) is 17.1 Å². The molecule has 3 heteroatoms. The van der Waals surface area contributed by atoms with Crippen LogP contribution in [0.15, 0.2) is 12.1 Å². The fraction of sp³-hybridized carbons (Fsp3) is 0.462. The predicted octanol–water partition coefficient (Wildman–Crippen LogP) is 3.65. The molecule has 0 aromatic heterocycles. The van der Waals surface area contributed by atoms with Crippen LogP contribution in [0, 0.1) is 18.7 Å². The summed E-state index contributed by atoms with van der Waals surface area (Å²) in [6.07, 6.45) is 1.80. The van der Waals surface area contributed by atoms with E-state index in [4.69, 9.17) is 0 Å². The summed E-state index contributed by atoms with van der Waals surface area (Å²) in [5.41, 5.74) is 2.64. The van der Waals surface area contributed by atoms with Crippen molar-refractivity contribution in [3.63, 3.8) is 0 Å². The quantitative estimate of drug-likeness (QED) is 0.664. The van der Waals surface area contributed by atoms with Crippen LogP contribution in [0.2, 0.25) is 0 Å². The lowest BCUT2D eigenvalue weighted by atomic mass is 9.72. The lowest BCUT2D eigenvalue weighted by Crippen LogP contribution is -2.26. The molecule has 3 aliphatic rings. The summed E-state index contributed by atoms with van der Waals surface area (Å²) in [5, 5.41) is 0. The third-order valence-corrected chi connectivity index (χ3v) is 4.81. The minimum Gasteiger partial charge on any atom is -0.298 e. The van der Waals surface area contributed by atoms with Crippen molar-refractivity contribution >= 4 is 21.7 Å². The van der Waals surface area contributed by atoms with Crippen molar-refractivity contribution in [2.24, 2.45) is 5.92 Å². The molecule has 0 N–H and O–H groups in total. The van der Waals surface area contributed by atoms with Gasteiger partial charge in [-0.1, -0.05) is 22.0 Å². The van der Waals surface area contributed by atoms with Crippen molar-refractivity contribution in [1.82, 2.24) is 0 Å². The molecule has 2 bridgehead atoms. The fourth-order valence-electron chi connectivity index (χ4n) is 2.76. The second kappa shape index (κ2) is 3.39. The van der Waals surface area contributed by atoms with Gasteiger partial charge in [0.15, 0.2) is 5.78 Å². The fourth-order valence-corrected chi connectivity index (χ4v) is 3.53. The first-order chi connectivity index (χ1) is 7.58. The molecule has 1 aromatic rings. The van der Waals surface area contributed by atoms with Crippen molar-refractivity contribution < 1.29 is 9.18 Å². The minimum absolute atomic E-state index is 0.156. The second-order valence-electron chi connectivity index (χ2n) is 4.86. The van der Waals surface area contributed by atoms with E-state index in [1.165, 1.54) is 0 Å². The van der Waals surface area contributed by atoms with E-state index in [0.717, 1.165) is 24.0 Å². The summed E-state index contributed by atoms with van der Waals surface area (Å²) in [4.78, 5) is 11.8. The zero-order valence-corrected chi connectivity index (χ0v) is 10.6. The number of ketones is 1. The number of halogens is 2. The zero-order valence-electron chi connectivity index (χ0n) is 8.97. The first kappa shape index (κ1) is 10.5. The Kier molecular flexibility index (Phi) is 2.22. The summed E-state index contributed by atoms with van der Waals surface area (Å²) in [6.45, 7) is 1.75. The van der Waals surface area contributed by atoms with E-state index in [1.54, 1.807) is 13.0 Å². The van der Waals surface area contributed by atoms with Gasteiger partial charge in [0.1, 0.15) is 5.82 Å². The van der Waals surface area contributed by atoms with Gasteiger partial charge in [-0.15, -0.1) is 0 Å². The molecule has 0 spiro atoms. The number of aryl methyl sites for hydroxylation is 1. The monoisotopic (exact) mass is 282 g/mol. The van der Waals surface area contributed by atoms with Gasteiger partial charge in [-0.05, 0) is 48.4 Å². The van der Waals surface area contributed by atoms with Crippen LogP contribution in [0.1, 0.15) is 40.3 Å². The standard InChI is InChI=1S/C13H12BrFO/c1-6-2-10-9(5-11(6)15)7-3-8(4-7)13(16)12(10)14/h2,5,7-8,12H,3-4H2,1H3. The van der Waals surface area contributed by atoms with Crippen LogP contribution in [0.4, 0.5) is 4.39 Å². The van der Waals surface area contributed by atoms with Crippen LogP contribution in [0.25, 0.3) is 0 Å². The molecule has 1 atom stereocenters. The Balaban J connectivity index is 2.20. The number of hydrogen-bond donors (Lipinski definition) is 0. The Bertz CT molecular complexity index is 477. The SMILES string of the molecule is Cc1cc2c(cc1F)C1CC(C1)C(=O)C2Br. The van der Waals surface area contributed by atoms with E-state index >= 15 is 0 Å². The maximum Gasteiger partial charge on any atom is 0.154 e. The van der Waals surface area contributed by atoms with E-state index in [9.17, 15) is 9.18 Å². The molecule has 0 radical (unpaired) electrons. The van der Waals surface area contributed by atoms with E-state index in [-0.39, 0.29) is 22.3 Å². The van der Waals surface area contributed by atoms with Crippen molar-refractivity contribution in [3.05, 3.63) is 34.6 Å². The summed E-state index contributed by atoms with van der Waals surface area (Å²) >= 11 is 3.46. The van der Waals surface area contributed by atoms with Crippen molar-refractivity contribution in [2.75, 3.05) is 0 Å². The number of carbonyl (C=O) groups excluding carboxylic acids is 1.